The third kappa shape index (κ3) is 4.17. The van der Waals surface area contributed by atoms with Crippen LogP contribution in [0.5, 0.6) is 0 Å². The molecule has 140 valence electrons. The fraction of sp³-hybridized carbons (Fsp3) is 0.400. The largest absolute Gasteiger partial charge is 0.481 e. The molecule has 7 nitrogen and oxygen atoms in total. The molecule has 0 spiro atoms. The number of hydrogen-bond donors (Lipinski definition) is 2. The predicted octanol–water partition coefficient (Wildman–Crippen LogP) is 1.44. The SMILES string of the molecule is O=C(O)CCCCC#Cc1cccc2c1CN(C1CCC(=O)NC1=O)C2=O. The molecular formula is C20H20N2O5. The molecule has 3 rings (SSSR count). The molecule has 2 aliphatic rings. The standard InChI is InChI=1S/C20H20N2O5/c23-17-11-10-16(19(26)21-17)22-12-15-13(7-5-8-14(15)20(22)27)6-3-1-2-4-9-18(24)25/h5,7-8,16H,1-2,4,9-12H2,(H,24,25)(H,21,23,26). The van der Waals surface area contributed by atoms with Crippen LogP contribution in [0.15, 0.2) is 18.2 Å². The van der Waals surface area contributed by atoms with Gasteiger partial charge in [0.2, 0.25) is 11.8 Å². The Morgan fingerprint density at radius 3 is 2.81 bits per heavy atom. The van der Waals surface area contributed by atoms with Crippen LogP contribution >= 0.6 is 0 Å². The molecule has 7 heteroatoms. The Bertz CT molecular complexity index is 865. The van der Waals surface area contributed by atoms with Gasteiger partial charge in [0.15, 0.2) is 0 Å². The van der Waals surface area contributed by atoms with Gasteiger partial charge in [-0.25, -0.2) is 0 Å². The Hall–Kier alpha value is -3.14. The van der Waals surface area contributed by atoms with Crippen molar-refractivity contribution in [2.75, 3.05) is 0 Å². The lowest BCUT2D eigenvalue weighted by molar-refractivity contribution is -0.138. The van der Waals surface area contributed by atoms with Crippen molar-refractivity contribution < 1.29 is 24.3 Å². The van der Waals surface area contributed by atoms with E-state index < -0.39 is 17.9 Å². The van der Waals surface area contributed by atoms with Gasteiger partial charge in [-0.05, 0) is 37.0 Å². The maximum absolute atomic E-state index is 12.7. The molecule has 1 fully saturated rings. The molecule has 1 atom stereocenters. The zero-order valence-electron chi connectivity index (χ0n) is 14.8. The van der Waals surface area contributed by atoms with Crippen molar-refractivity contribution in [3.63, 3.8) is 0 Å². The van der Waals surface area contributed by atoms with Gasteiger partial charge in [-0.1, -0.05) is 17.9 Å². The van der Waals surface area contributed by atoms with Gasteiger partial charge in [0.1, 0.15) is 6.04 Å². The van der Waals surface area contributed by atoms with Gasteiger partial charge in [0.05, 0.1) is 0 Å². The molecule has 0 saturated carbocycles. The summed E-state index contributed by atoms with van der Waals surface area (Å²) in [4.78, 5) is 48.1. The number of benzene rings is 1. The number of imide groups is 1. The first kappa shape index (κ1) is 18.6. The number of carbonyl (C=O) groups is 4. The molecule has 3 amide bonds. The van der Waals surface area contributed by atoms with Crippen LogP contribution in [0, 0.1) is 11.8 Å². The highest BCUT2D eigenvalue weighted by molar-refractivity contribution is 6.05. The van der Waals surface area contributed by atoms with E-state index in [2.05, 4.69) is 17.2 Å². The molecule has 0 aliphatic carbocycles. The second-order valence-corrected chi connectivity index (χ2v) is 6.63. The van der Waals surface area contributed by atoms with E-state index in [4.69, 9.17) is 5.11 Å². The lowest BCUT2D eigenvalue weighted by Crippen LogP contribution is -2.52. The van der Waals surface area contributed by atoms with Crippen molar-refractivity contribution in [1.29, 1.82) is 0 Å². The summed E-state index contributed by atoms with van der Waals surface area (Å²) in [7, 11) is 0. The minimum Gasteiger partial charge on any atom is -0.481 e. The van der Waals surface area contributed by atoms with Gasteiger partial charge < -0.3 is 10.0 Å². The minimum absolute atomic E-state index is 0.137. The highest BCUT2D eigenvalue weighted by Crippen LogP contribution is 2.29. The van der Waals surface area contributed by atoms with Crippen LogP contribution in [0.4, 0.5) is 0 Å². The Morgan fingerprint density at radius 2 is 2.07 bits per heavy atom. The van der Waals surface area contributed by atoms with E-state index in [1.54, 1.807) is 12.1 Å². The van der Waals surface area contributed by atoms with Crippen LogP contribution in [0.2, 0.25) is 0 Å². The third-order valence-corrected chi connectivity index (χ3v) is 4.75. The number of fused-ring (bicyclic) bond motifs is 1. The number of rotatable bonds is 5. The van der Waals surface area contributed by atoms with Crippen LogP contribution in [0.1, 0.15) is 60.0 Å². The zero-order valence-corrected chi connectivity index (χ0v) is 14.8. The first-order chi connectivity index (χ1) is 13.0. The van der Waals surface area contributed by atoms with Crippen molar-refractivity contribution in [2.24, 2.45) is 0 Å². The maximum Gasteiger partial charge on any atom is 0.303 e. The van der Waals surface area contributed by atoms with Gasteiger partial charge in [-0.15, -0.1) is 0 Å². The van der Waals surface area contributed by atoms with Crippen LogP contribution in [-0.4, -0.2) is 39.7 Å². The number of piperidine rings is 1. The molecular weight excluding hydrogens is 348 g/mol. The average molecular weight is 368 g/mol. The molecule has 2 aliphatic heterocycles. The highest BCUT2D eigenvalue weighted by Gasteiger charge is 2.39. The quantitative estimate of drug-likeness (QED) is 0.465. The molecule has 0 aromatic heterocycles. The predicted molar refractivity (Wildman–Crippen MR) is 95.5 cm³/mol. The highest BCUT2D eigenvalue weighted by atomic mass is 16.4. The van der Waals surface area contributed by atoms with E-state index in [0.29, 0.717) is 37.8 Å². The summed E-state index contributed by atoms with van der Waals surface area (Å²) in [6.07, 6.45) is 2.56. The molecule has 1 saturated heterocycles. The number of carboxylic acid groups (broad SMARTS) is 1. The molecule has 27 heavy (non-hydrogen) atoms. The van der Waals surface area contributed by atoms with Crippen LogP contribution < -0.4 is 5.32 Å². The second kappa shape index (κ2) is 8.04. The molecule has 0 radical (unpaired) electrons. The molecule has 2 heterocycles. The van der Waals surface area contributed by atoms with Crippen molar-refractivity contribution in [2.45, 2.75) is 51.1 Å². The zero-order chi connectivity index (χ0) is 19.4. The molecule has 1 aromatic rings. The number of nitrogens with zero attached hydrogens (tertiary/aromatic N) is 1. The Morgan fingerprint density at radius 1 is 1.26 bits per heavy atom. The van der Waals surface area contributed by atoms with E-state index in [0.717, 1.165) is 11.1 Å². The van der Waals surface area contributed by atoms with Gasteiger partial charge in [-0.2, -0.15) is 0 Å². The topological polar surface area (TPSA) is 104 Å². The number of unbranched alkanes of at least 4 members (excludes halogenated alkanes) is 2. The van der Waals surface area contributed by atoms with Crippen LogP contribution in [0.3, 0.4) is 0 Å². The maximum atomic E-state index is 12.7. The molecule has 1 unspecified atom stereocenters. The monoisotopic (exact) mass is 368 g/mol. The lowest BCUT2D eigenvalue weighted by Gasteiger charge is -2.29. The first-order valence-corrected chi connectivity index (χ1v) is 8.94. The summed E-state index contributed by atoms with van der Waals surface area (Å²) in [5, 5.41) is 10.9. The summed E-state index contributed by atoms with van der Waals surface area (Å²) in [5.41, 5.74) is 2.08. The number of nitrogens with one attached hydrogen (secondary N) is 1. The van der Waals surface area contributed by atoms with Crippen LogP contribution in [-0.2, 0) is 20.9 Å². The van der Waals surface area contributed by atoms with Gasteiger partial charge >= 0.3 is 5.97 Å². The second-order valence-electron chi connectivity index (χ2n) is 6.63. The smallest absolute Gasteiger partial charge is 0.303 e. The number of amides is 3. The molecule has 0 bridgehead atoms. The average Bonchev–Trinajstić information content (AvgIpc) is 2.95. The summed E-state index contributed by atoms with van der Waals surface area (Å²) >= 11 is 0. The van der Waals surface area contributed by atoms with E-state index in [-0.39, 0.29) is 24.7 Å². The van der Waals surface area contributed by atoms with Crippen molar-refractivity contribution in [3.8, 4) is 11.8 Å². The summed E-state index contributed by atoms with van der Waals surface area (Å²) in [5.74, 6) is 4.33. The van der Waals surface area contributed by atoms with Crippen LogP contribution in [0.25, 0.3) is 0 Å². The van der Waals surface area contributed by atoms with E-state index in [9.17, 15) is 19.2 Å². The summed E-state index contributed by atoms with van der Waals surface area (Å²) in [6, 6.07) is 4.69. The Labute approximate surface area is 156 Å². The lowest BCUT2D eigenvalue weighted by atomic mass is 10.0. The molecule has 1 aromatic carbocycles. The number of aliphatic carboxylic acids is 1. The van der Waals surface area contributed by atoms with E-state index in [1.165, 1.54) is 4.90 Å². The Kier molecular flexibility index (Phi) is 5.55. The van der Waals surface area contributed by atoms with Crippen molar-refractivity contribution in [3.05, 3.63) is 34.9 Å². The third-order valence-electron chi connectivity index (χ3n) is 4.75. The number of hydrogen-bond acceptors (Lipinski definition) is 4. The Balaban J connectivity index is 1.70. The summed E-state index contributed by atoms with van der Waals surface area (Å²) in [6.45, 7) is 0.296. The van der Waals surface area contributed by atoms with Gasteiger partial charge in [0.25, 0.3) is 5.91 Å². The molecule has 2 N–H and O–H groups in total. The number of carbonyl (C=O) groups excluding carboxylic acids is 3. The van der Waals surface area contributed by atoms with Gasteiger partial charge in [0, 0.05) is 36.9 Å². The normalized spacial score (nSPS) is 18.6. The fourth-order valence-corrected chi connectivity index (χ4v) is 3.35. The van der Waals surface area contributed by atoms with Crippen molar-refractivity contribution in [1.82, 2.24) is 10.2 Å². The fourth-order valence-electron chi connectivity index (χ4n) is 3.35. The van der Waals surface area contributed by atoms with E-state index >= 15 is 0 Å². The summed E-state index contributed by atoms with van der Waals surface area (Å²) < 4.78 is 0. The number of carboxylic acids is 1. The van der Waals surface area contributed by atoms with Gasteiger partial charge in [-0.3, -0.25) is 24.5 Å². The van der Waals surface area contributed by atoms with Crippen molar-refractivity contribution >= 4 is 23.7 Å². The minimum atomic E-state index is -0.809. The van der Waals surface area contributed by atoms with E-state index in [1.807, 2.05) is 6.07 Å². The first-order valence-electron chi connectivity index (χ1n) is 8.94.